The van der Waals surface area contributed by atoms with Gasteiger partial charge in [0.1, 0.15) is 0 Å². The number of carbonyl (C=O) groups is 1. The van der Waals surface area contributed by atoms with Crippen LogP contribution in [0.2, 0.25) is 0 Å². The molecule has 0 spiro atoms. The van der Waals surface area contributed by atoms with Crippen LogP contribution in [0.5, 0.6) is 0 Å². The zero-order chi connectivity index (χ0) is 16.5. The molecule has 0 amide bonds. The molecule has 1 aromatic carbocycles. The zero-order valence-corrected chi connectivity index (χ0v) is 14.4. The van der Waals surface area contributed by atoms with Crippen LogP contribution in [-0.4, -0.2) is 12.0 Å². The van der Waals surface area contributed by atoms with Gasteiger partial charge in [-0.15, -0.1) is 0 Å². The van der Waals surface area contributed by atoms with Crippen LogP contribution < -0.4 is 10.4 Å². The summed E-state index contributed by atoms with van der Waals surface area (Å²) in [4.78, 5) is 10.9. The highest BCUT2D eigenvalue weighted by Gasteiger charge is 2.20. The number of fused-ring (bicyclic) bond motifs is 1. The molecule has 3 heteroatoms. The molecule has 0 saturated carbocycles. The first kappa shape index (κ1) is 17.8. The molecule has 1 aliphatic heterocycles. The van der Waals surface area contributed by atoms with E-state index in [1.165, 1.54) is 64.2 Å². The van der Waals surface area contributed by atoms with Crippen molar-refractivity contribution in [1.29, 1.82) is 0 Å². The van der Waals surface area contributed by atoms with Gasteiger partial charge in [-0.3, -0.25) is 0 Å². The van der Waals surface area contributed by atoms with E-state index in [1.807, 2.05) is 6.07 Å². The van der Waals surface area contributed by atoms with Crippen molar-refractivity contribution in [3.8, 4) is 0 Å². The van der Waals surface area contributed by atoms with Crippen molar-refractivity contribution in [2.24, 2.45) is 0 Å². The minimum Gasteiger partial charge on any atom is -0.545 e. The van der Waals surface area contributed by atoms with E-state index < -0.39 is 5.97 Å². The summed E-state index contributed by atoms with van der Waals surface area (Å²) < 4.78 is 0. The Bertz CT molecular complexity index is 498. The van der Waals surface area contributed by atoms with E-state index in [1.54, 1.807) is 12.1 Å². The maximum Gasteiger partial charge on any atom is 0.0715 e. The number of carboxylic acids is 1. The highest BCUT2D eigenvalue weighted by atomic mass is 16.4. The molecule has 0 aromatic heterocycles. The van der Waals surface area contributed by atoms with Crippen molar-refractivity contribution in [2.45, 2.75) is 83.6 Å². The second kappa shape index (κ2) is 9.59. The average molecular weight is 316 g/mol. The lowest BCUT2D eigenvalue weighted by atomic mass is 10.0. The van der Waals surface area contributed by atoms with Crippen LogP contribution in [0.4, 0.5) is 5.69 Å². The molecular formula is C20H30NO2-. The van der Waals surface area contributed by atoms with Gasteiger partial charge in [0.2, 0.25) is 0 Å². The summed E-state index contributed by atoms with van der Waals surface area (Å²) in [6, 6.07) is 5.72. The van der Waals surface area contributed by atoms with Gasteiger partial charge in [0.25, 0.3) is 0 Å². The number of benzene rings is 1. The third-order valence-corrected chi connectivity index (χ3v) is 4.82. The summed E-state index contributed by atoms with van der Waals surface area (Å²) in [5, 5.41) is 14.4. The maximum absolute atomic E-state index is 10.9. The predicted molar refractivity (Wildman–Crippen MR) is 93.7 cm³/mol. The topological polar surface area (TPSA) is 52.2 Å². The molecule has 1 heterocycles. The molecule has 23 heavy (non-hydrogen) atoms. The number of nitrogens with one attached hydrogen (secondary N) is 1. The fourth-order valence-electron chi connectivity index (χ4n) is 3.44. The van der Waals surface area contributed by atoms with E-state index in [9.17, 15) is 9.90 Å². The SMILES string of the molecule is CCCCCCCCCCCC1Cc2cc(C(=O)[O-])ccc2N1. The molecule has 0 aliphatic carbocycles. The van der Waals surface area contributed by atoms with E-state index >= 15 is 0 Å². The first-order chi connectivity index (χ1) is 11.2. The van der Waals surface area contributed by atoms with Crippen molar-refractivity contribution in [2.75, 3.05) is 5.32 Å². The quantitative estimate of drug-likeness (QED) is 0.619. The van der Waals surface area contributed by atoms with E-state index in [-0.39, 0.29) is 5.56 Å². The lowest BCUT2D eigenvalue weighted by molar-refractivity contribution is -0.255. The zero-order valence-electron chi connectivity index (χ0n) is 14.4. The average Bonchev–Trinajstić information content (AvgIpc) is 2.95. The predicted octanol–water partition coefficient (Wildman–Crippen LogP) is 4.31. The number of unbranched alkanes of at least 4 members (excludes halogenated alkanes) is 8. The summed E-state index contributed by atoms with van der Waals surface area (Å²) in [6.07, 6.45) is 14.3. The molecule has 0 radical (unpaired) electrons. The van der Waals surface area contributed by atoms with Gasteiger partial charge in [-0.2, -0.15) is 0 Å². The molecule has 0 saturated heterocycles. The number of carbonyl (C=O) groups excluding carboxylic acids is 1. The lowest BCUT2D eigenvalue weighted by Gasteiger charge is -2.10. The Morgan fingerprint density at radius 1 is 1.09 bits per heavy atom. The van der Waals surface area contributed by atoms with Crippen molar-refractivity contribution in [3.05, 3.63) is 29.3 Å². The largest absolute Gasteiger partial charge is 0.545 e. The molecule has 3 nitrogen and oxygen atoms in total. The van der Waals surface area contributed by atoms with Crippen LogP contribution in [0.3, 0.4) is 0 Å². The number of hydrogen-bond acceptors (Lipinski definition) is 3. The van der Waals surface area contributed by atoms with E-state index in [0.29, 0.717) is 6.04 Å². The van der Waals surface area contributed by atoms with Gasteiger partial charge in [0, 0.05) is 11.7 Å². The van der Waals surface area contributed by atoms with E-state index in [2.05, 4.69) is 12.2 Å². The van der Waals surface area contributed by atoms with Gasteiger partial charge in [-0.25, -0.2) is 0 Å². The van der Waals surface area contributed by atoms with Crippen molar-refractivity contribution in [3.63, 3.8) is 0 Å². The highest BCUT2D eigenvalue weighted by Crippen LogP contribution is 2.29. The molecule has 1 N–H and O–H groups in total. The lowest BCUT2D eigenvalue weighted by Crippen LogP contribution is -2.22. The van der Waals surface area contributed by atoms with Gasteiger partial charge in [-0.1, -0.05) is 70.8 Å². The minimum atomic E-state index is -1.09. The Kier molecular flexibility index (Phi) is 7.44. The smallest absolute Gasteiger partial charge is 0.0715 e. The second-order valence-electron chi connectivity index (χ2n) is 6.82. The molecular weight excluding hydrogens is 286 g/mol. The second-order valence-corrected chi connectivity index (χ2v) is 6.82. The fraction of sp³-hybridized carbons (Fsp3) is 0.650. The van der Waals surface area contributed by atoms with Crippen LogP contribution in [0, 0.1) is 0 Å². The monoisotopic (exact) mass is 316 g/mol. The summed E-state index contributed by atoms with van der Waals surface area (Å²) >= 11 is 0. The minimum absolute atomic E-state index is 0.286. The van der Waals surface area contributed by atoms with Crippen molar-refractivity contribution >= 4 is 11.7 Å². The van der Waals surface area contributed by atoms with Crippen molar-refractivity contribution < 1.29 is 9.90 Å². The molecule has 1 atom stereocenters. The highest BCUT2D eigenvalue weighted by molar-refractivity contribution is 5.87. The normalized spacial score (nSPS) is 16.1. The number of hydrogen-bond donors (Lipinski definition) is 1. The Morgan fingerprint density at radius 3 is 2.39 bits per heavy atom. The Hall–Kier alpha value is -1.51. The van der Waals surface area contributed by atoms with Gasteiger partial charge in [0.15, 0.2) is 0 Å². The van der Waals surface area contributed by atoms with Crippen molar-refractivity contribution in [1.82, 2.24) is 0 Å². The number of aromatic carboxylic acids is 1. The van der Waals surface area contributed by atoms with E-state index in [0.717, 1.165) is 17.7 Å². The molecule has 0 bridgehead atoms. The summed E-state index contributed by atoms with van der Waals surface area (Å²) in [7, 11) is 0. The summed E-state index contributed by atoms with van der Waals surface area (Å²) in [5.74, 6) is -1.09. The molecule has 1 aromatic rings. The number of rotatable bonds is 11. The Balaban J connectivity index is 1.57. The number of carboxylic acid groups (broad SMARTS) is 1. The molecule has 2 rings (SSSR count). The molecule has 128 valence electrons. The Labute approximate surface area is 140 Å². The Morgan fingerprint density at radius 2 is 1.74 bits per heavy atom. The first-order valence-electron chi connectivity index (χ1n) is 9.31. The first-order valence-corrected chi connectivity index (χ1v) is 9.31. The maximum atomic E-state index is 10.9. The fourth-order valence-corrected chi connectivity index (χ4v) is 3.44. The summed E-state index contributed by atoms with van der Waals surface area (Å²) in [6.45, 7) is 2.26. The number of anilines is 1. The standard InChI is InChI=1S/C20H31NO2/c1-2-3-4-5-6-7-8-9-10-11-18-15-17-14-16(20(22)23)12-13-19(17)21-18/h12-14,18,21H,2-11,15H2,1H3,(H,22,23)/p-1. The van der Waals surface area contributed by atoms with E-state index in [4.69, 9.17) is 0 Å². The van der Waals surface area contributed by atoms with Crippen LogP contribution in [0.15, 0.2) is 18.2 Å². The van der Waals surface area contributed by atoms with Crippen LogP contribution in [0.25, 0.3) is 0 Å². The van der Waals surface area contributed by atoms with Gasteiger partial charge in [-0.05, 0) is 36.1 Å². The van der Waals surface area contributed by atoms with Gasteiger partial charge in [0.05, 0.1) is 5.97 Å². The van der Waals surface area contributed by atoms with Gasteiger partial charge < -0.3 is 15.2 Å². The molecule has 1 aliphatic rings. The molecule has 1 unspecified atom stereocenters. The third-order valence-electron chi connectivity index (χ3n) is 4.82. The molecule has 0 fully saturated rings. The van der Waals surface area contributed by atoms with Crippen LogP contribution >= 0.6 is 0 Å². The third kappa shape index (κ3) is 5.89. The van der Waals surface area contributed by atoms with Gasteiger partial charge >= 0.3 is 0 Å². The van der Waals surface area contributed by atoms with Crippen LogP contribution in [-0.2, 0) is 6.42 Å². The summed E-state index contributed by atoms with van der Waals surface area (Å²) in [5.41, 5.74) is 2.50. The van der Waals surface area contributed by atoms with Crippen LogP contribution in [0.1, 0.15) is 87.1 Å².